The lowest BCUT2D eigenvalue weighted by molar-refractivity contribution is -0.121. The van der Waals surface area contributed by atoms with Gasteiger partial charge in [-0.05, 0) is 57.5 Å². The second kappa shape index (κ2) is 10.2. The highest BCUT2D eigenvalue weighted by Crippen LogP contribution is 2.32. The fourth-order valence-corrected chi connectivity index (χ4v) is 3.81. The van der Waals surface area contributed by atoms with Gasteiger partial charge in [-0.1, -0.05) is 0 Å². The van der Waals surface area contributed by atoms with Gasteiger partial charge in [0.05, 0.1) is 25.8 Å². The Balaban J connectivity index is 1.56. The Bertz CT molecular complexity index is 880. The molecule has 2 N–H and O–H groups in total. The van der Waals surface area contributed by atoms with Crippen molar-refractivity contribution in [2.75, 3.05) is 31.6 Å². The fraction of sp³-hybridized carbons (Fsp3) is 0.455. The van der Waals surface area contributed by atoms with Crippen molar-refractivity contribution in [2.45, 2.75) is 32.7 Å². The lowest BCUT2D eigenvalue weighted by Crippen LogP contribution is -2.41. The number of benzene rings is 1. The first kappa shape index (κ1) is 21.7. The van der Waals surface area contributed by atoms with Crippen molar-refractivity contribution in [2.24, 2.45) is 7.05 Å². The summed E-state index contributed by atoms with van der Waals surface area (Å²) in [6.45, 7) is 5.78. The topological polar surface area (TPSA) is 84.8 Å². The number of aryl methyl sites for hydroxylation is 1. The van der Waals surface area contributed by atoms with Crippen molar-refractivity contribution in [1.82, 2.24) is 14.8 Å². The summed E-state index contributed by atoms with van der Waals surface area (Å²) in [5.74, 6) is 0.831. The first-order chi connectivity index (χ1) is 14.5. The van der Waals surface area contributed by atoms with Gasteiger partial charge in [-0.15, -0.1) is 0 Å². The molecule has 30 heavy (non-hydrogen) atoms. The Labute approximate surface area is 177 Å². The van der Waals surface area contributed by atoms with E-state index in [-0.39, 0.29) is 18.5 Å². The molecule has 1 atom stereocenters. The molecule has 1 fully saturated rings. The van der Waals surface area contributed by atoms with Crippen LogP contribution in [0, 0.1) is 0 Å². The smallest absolute Gasteiger partial charge is 0.325 e. The third-order valence-corrected chi connectivity index (χ3v) is 5.09. The van der Waals surface area contributed by atoms with Gasteiger partial charge in [0.25, 0.3) is 0 Å². The van der Waals surface area contributed by atoms with Gasteiger partial charge in [0.1, 0.15) is 0 Å². The summed E-state index contributed by atoms with van der Waals surface area (Å²) in [6.07, 6.45) is 4.04. The van der Waals surface area contributed by atoms with E-state index in [0.717, 1.165) is 19.4 Å². The number of rotatable bonds is 8. The SMILES string of the molecule is CCOc1ccc(NC(=O)NC(=O)CN2CCC[C@@H]2c2cccn2C)cc1OCC. The van der Waals surface area contributed by atoms with Crippen LogP contribution in [0.2, 0.25) is 0 Å². The predicted molar refractivity (Wildman–Crippen MR) is 115 cm³/mol. The number of nitrogens with one attached hydrogen (secondary N) is 2. The molecule has 0 unspecified atom stereocenters. The summed E-state index contributed by atoms with van der Waals surface area (Å²) in [5.41, 5.74) is 1.71. The van der Waals surface area contributed by atoms with E-state index in [0.29, 0.717) is 30.4 Å². The van der Waals surface area contributed by atoms with Crippen molar-refractivity contribution >= 4 is 17.6 Å². The van der Waals surface area contributed by atoms with E-state index < -0.39 is 6.03 Å². The molecule has 1 aromatic heterocycles. The highest BCUT2D eigenvalue weighted by molar-refractivity contribution is 6.01. The van der Waals surface area contributed by atoms with Crippen LogP contribution in [0.5, 0.6) is 11.5 Å². The molecule has 1 aromatic carbocycles. The Morgan fingerprint density at radius 1 is 1.13 bits per heavy atom. The Hall–Kier alpha value is -3.00. The molecule has 3 amide bonds. The molecule has 0 radical (unpaired) electrons. The van der Waals surface area contributed by atoms with Gasteiger partial charge in [0, 0.05) is 30.7 Å². The van der Waals surface area contributed by atoms with Crippen LogP contribution in [0.4, 0.5) is 10.5 Å². The van der Waals surface area contributed by atoms with E-state index in [9.17, 15) is 9.59 Å². The van der Waals surface area contributed by atoms with Crippen LogP contribution < -0.4 is 20.1 Å². The van der Waals surface area contributed by atoms with Crippen LogP contribution in [-0.4, -0.2) is 47.7 Å². The summed E-state index contributed by atoms with van der Waals surface area (Å²) in [5, 5.41) is 5.10. The Morgan fingerprint density at radius 2 is 1.90 bits per heavy atom. The number of urea groups is 1. The van der Waals surface area contributed by atoms with E-state index in [4.69, 9.17) is 9.47 Å². The van der Waals surface area contributed by atoms with E-state index in [1.807, 2.05) is 33.2 Å². The monoisotopic (exact) mass is 414 g/mol. The van der Waals surface area contributed by atoms with Gasteiger partial charge in [0.2, 0.25) is 5.91 Å². The van der Waals surface area contributed by atoms with Gasteiger partial charge < -0.3 is 19.4 Å². The molecule has 1 aliphatic heterocycles. The summed E-state index contributed by atoms with van der Waals surface area (Å²) in [4.78, 5) is 26.9. The van der Waals surface area contributed by atoms with Gasteiger partial charge >= 0.3 is 6.03 Å². The van der Waals surface area contributed by atoms with Crippen LogP contribution in [-0.2, 0) is 11.8 Å². The number of likely N-dealkylation sites (tertiary alicyclic amines) is 1. The lowest BCUT2D eigenvalue weighted by atomic mass is 10.1. The molecule has 2 heterocycles. The van der Waals surface area contributed by atoms with Gasteiger partial charge in [-0.3, -0.25) is 15.0 Å². The van der Waals surface area contributed by atoms with Crippen LogP contribution >= 0.6 is 0 Å². The minimum Gasteiger partial charge on any atom is -0.490 e. The summed E-state index contributed by atoms with van der Waals surface area (Å²) in [6, 6.07) is 8.84. The Morgan fingerprint density at radius 3 is 2.60 bits per heavy atom. The molecule has 0 spiro atoms. The molecule has 8 heteroatoms. The van der Waals surface area contributed by atoms with E-state index in [2.05, 4.69) is 26.2 Å². The maximum atomic E-state index is 12.4. The normalized spacial score (nSPS) is 16.3. The maximum absolute atomic E-state index is 12.4. The first-order valence-corrected chi connectivity index (χ1v) is 10.4. The summed E-state index contributed by atoms with van der Waals surface area (Å²) < 4.78 is 13.2. The summed E-state index contributed by atoms with van der Waals surface area (Å²) in [7, 11) is 2.01. The van der Waals surface area contributed by atoms with Gasteiger partial charge in [-0.25, -0.2) is 4.79 Å². The molecule has 1 saturated heterocycles. The molecule has 0 aliphatic carbocycles. The zero-order valence-electron chi connectivity index (χ0n) is 17.8. The minimum atomic E-state index is -0.568. The second-order valence-electron chi connectivity index (χ2n) is 7.20. The predicted octanol–water partition coefficient (Wildman–Crippen LogP) is 3.31. The third-order valence-electron chi connectivity index (χ3n) is 5.09. The number of aromatic nitrogens is 1. The number of anilines is 1. The van der Waals surface area contributed by atoms with Crippen LogP contribution in [0.3, 0.4) is 0 Å². The third kappa shape index (κ3) is 5.33. The average molecular weight is 415 g/mol. The molecular formula is C22H30N4O4. The van der Waals surface area contributed by atoms with E-state index in [1.165, 1.54) is 5.69 Å². The Kier molecular flexibility index (Phi) is 7.35. The first-order valence-electron chi connectivity index (χ1n) is 10.4. The van der Waals surface area contributed by atoms with E-state index >= 15 is 0 Å². The summed E-state index contributed by atoms with van der Waals surface area (Å²) >= 11 is 0. The van der Waals surface area contributed by atoms with Gasteiger partial charge in [0.15, 0.2) is 11.5 Å². The number of carbonyl (C=O) groups is 2. The van der Waals surface area contributed by atoms with Crippen molar-refractivity contribution in [3.05, 3.63) is 42.2 Å². The molecule has 1 aliphatic rings. The molecule has 0 bridgehead atoms. The quantitative estimate of drug-likeness (QED) is 0.692. The second-order valence-corrected chi connectivity index (χ2v) is 7.20. The number of carbonyl (C=O) groups excluding carboxylic acids is 2. The zero-order valence-corrected chi connectivity index (χ0v) is 17.8. The highest BCUT2D eigenvalue weighted by Gasteiger charge is 2.29. The van der Waals surface area contributed by atoms with Crippen LogP contribution in [0.25, 0.3) is 0 Å². The minimum absolute atomic E-state index is 0.177. The van der Waals surface area contributed by atoms with Crippen molar-refractivity contribution in [3.8, 4) is 11.5 Å². The average Bonchev–Trinajstić information content (AvgIpc) is 3.32. The fourth-order valence-electron chi connectivity index (χ4n) is 3.81. The molecule has 2 aromatic rings. The molecule has 3 rings (SSSR count). The van der Waals surface area contributed by atoms with Crippen molar-refractivity contribution in [3.63, 3.8) is 0 Å². The number of ether oxygens (including phenoxy) is 2. The maximum Gasteiger partial charge on any atom is 0.325 e. The number of imide groups is 1. The van der Waals surface area contributed by atoms with Crippen molar-refractivity contribution < 1.29 is 19.1 Å². The number of hydrogen-bond donors (Lipinski definition) is 2. The standard InChI is InChI=1S/C22H30N4O4/c1-4-29-19-11-10-16(14-20(19)30-5-2)23-22(28)24-21(27)15-26-13-7-9-18(26)17-8-6-12-25(17)3/h6,8,10-12,14,18H,4-5,7,9,13,15H2,1-3H3,(H2,23,24,27,28)/t18-/m1/s1. The molecule has 8 nitrogen and oxygen atoms in total. The van der Waals surface area contributed by atoms with Gasteiger partial charge in [-0.2, -0.15) is 0 Å². The molecule has 0 saturated carbocycles. The lowest BCUT2D eigenvalue weighted by Gasteiger charge is -2.24. The number of amides is 3. The molecule has 162 valence electrons. The highest BCUT2D eigenvalue weighted by atomic mass is 16.5. The molecular weight excluding hydrogens is 384 g/mol. The number of hydrogen-bond acceptors (Lipinski definition) is 5. The van der Waals surface area contributed by atoms with Crippen LogP contribution in [0.15, 0.2) is 36.5 Å². The number of nitrogens with zero attached hydrogens (tertiary/aromatic N) is 2. The zero-order chi connectivity index (χ0) is 21.5. The van der Waals surface area contributed by atoms with E-state index in [1.54, 1.807) is 18.2 Å². The van der Waals surface area contributed by atoms with Crippen molar-refractivity contribution in [1.29, 1.82) is 0 Å². The largest absolute Gasteiger partial charge is 0.490 e. The van der Waals surface area contributed by atoms with Crippen LogP contribution in [0.1, 0.15) is 38.4 Å².